The lowest BCUT2D eigenvalue weighted by molar-refractivity contribution is 0.148. The van der Waals surface area contributed by atoms with Gasteiger partial charge in [0.2, 0.25) is 0 Å². The first-order valence-corrected chi connectivity index (χ1v) is 4.72. The molecule has 1 aromatic carbocycles. The fraction of sp³-hybridized carbons (Fsp3) is 0.250. The van der Waals surface area contributed by atoms with Gasteiger partial charge in [0.05, 0.1) is 0 Å². The van der Waals surface area contributed by atoms with E-state index in [4.69, 9.17) is 0 Å². The van der Waals surface area contributed by atoms with Crippen LogP contribution in [-0.2, 0) is 0 Å². The lowest BCUT2D eigenvalue weighted by atomic mass is 10.2. The Balaban J connectivity index is 2.96. The predicted molar refractivity (Wildman–Crippen MR) is 48.1 cm³/mol. The average molecular weight is 245 g/mol. The maximum absolute atomic E-state index is 12.3. The highest BCUT2D eigenvalue weighted by atomic mass is 35.5. The topological polar surface area (TPSA) is 0 Å². The Kier molecular flexibility index (Phi) is 3.66. The van der Waals surface area contributed by atoms with Gasteiger partial charge in [0, 0.05) is 10.5 Å². The number of halogens is 5. The van der Waals surface area contributed by atoms with Crippen LogP contribution in [0.3, 0.4) is 0 Å². The minimum absolute atomic E-state index is 0.0922. The van der Waals surface area contributed by atoms with Gasteiger partial charge in [-0.15, -0.1) is 0 Å². The molecule has 0 saturated carbocycles. The van der Waals surface area contributed by atoms with Crippen LogP contribution in [0.1, 0.15) is 12.0 Å². The molecule has 78 valence electrons. The number of hydrogen-bond donors (Lipinski definition) is 0. The highest BCUT2D eigenvalue weighted by molar-refractivity contribution is 8.01. The summed E-state index contributed by atoms with van der Waals surface area (Å²) in [4.78, 5) is -0.206. The van der Waals surface area contributed by atoms with Crippen molar-refractivity contribution in [3.05, 3.63) is 29.8 Å². The summed E-state index contributed by atoms with van der Waals surface area (Å²) in [6.07, 6.45) is -2.78. The van der Waals surface area contributed by atoms with Crippen molar-refractivity contribution in [3.8, 4) is 0 Å². The molecule has 0 aliphatic carbocycles. The third-order valence-electron chi connectivity index (χ3n) is 1.38. The first kappa shape index (κ1) is 11.7. The minimum atomic E-state index is -3.56. The SMILES string of the molecule is FC(F)c1ccccc1SC(F)(F)Cl. The molecule has 0 amide bonds. The van der Waals surface area contributed by atoms with E-state index in [-0.39, 0.29) is 16.7 Å². The molecule has 0 unspecified atom stereocenters. The minimum Gasteiger partial charge on any atom is -0.205 e. The summed E-state index contributed by atoms with van der Waals surface area (Å²) in [5, 5.41) is 0. The molecule has 0 spiro atoms. The largest absolute Gasteiger partial charge is 0.375 e. The van der Waals surface area contributed by atoms with E-state index in [1.807, 2.05) is 0 Å². The summed E-state index contributed by atoms with van der Waals surface area (Å²) < 4.78 is 45.7. The standard InChI is InChI=1S/C8H5ClF4S/c9-8(12,13)14-6-4-2-1-3-5(6)7(10)11/h1-4,7H. The molecular formula is C8H5ClF4S. The summed E-state index contributed by atoms with van der Waals surface area (Å²) in [6, 6.07) is 5.03. The van der Waals surface area contributed by atoms with Gasteiger partial charge in [-0.2, -0.15) is 8.78 Å². The van der Waals surface area contributed by atoms with Crippen LogP contribution in [0.2, 0.25) is 0 Å². The Bertz CT molecular complexity index is 310. The second-order valence-electron chi connectivity index (χ2n) is 2.39. The van der Waals surface area contributed by atoms with Crippen LogP contribution in [0.15, 0.2) is 29.2 Å². The van der Waals surface area contributed by atoms with Crippen LogP contribution in [0.4, 0.5) is 17.6 Å². The fourth-order valence-corrected chi connectivity index (χ4v) is 1.80. The van der Waals surface area contributed by atoms with Gasteiger partial charge in [-0.25, -0.2) is 8.78 Å². The molecule has 0 aromatic heterocycles. The van der Waals surface area contributed by atoms with Crippen LogP contribution in [0.5, 0.6) is 0 Å². The molecule has 0 atom stereocenters. The van der Waals surface area contributed by atoms with Crippen molar-refractivity contribution in [2.45, 2.75) is 16.0 Å². The van der Waals surface area contributed by atoms with Crippen LogP contribution >= 0.6 is 23.4 Å². The van der Waals surface area contributed by atoms with Gasteiger partial charge in [0.15, 0.2) is 0 Å². The summed E-state index contributed by atoms with van der Waals surface area (Å²) in [5.74, 6) is 0. The molecule has 1 aromatic rings. The van der Waals surface area contributed by atoms with E-state index in [2.05, 4.69) is 11.6 Å². The van der Waals surface area contributed by atoms with Crippen molar-refractivity contribution in [1.82, 2.24) is 0 Å². The zero-order valence-corrected chi connectivity index (χ0v) is 8.26. The number of alkyl halides is 5. The normalized spacial score (nSPS) is 12.1. The maximum Gasteiger partial charge on any atom is 0.375 e. The lowest BCUT2D eigenvalue weighted by Gasteiger charge is -2.10. The van der Waals surface area contributed by atoms with E-state index in [0.717, 1.165) is 6.07 Å². The van der Waals surface area contributed by atoms with Crippen molar-refractivity contribution >= 4 is 23.4 Å². The third-order valence-corrected chi connectivity index (χ3v) is 2.43. The lowest BCUT2D eigenvalue weighted by Crippen LogP contribution is -1.99. The first-order valence-electron chi connectivity index (χ1n) is 3.53. The highest BCUT2D eigenvalue weighted by Gasteiger charge is 2.28. The van der Waals surface area contributed by atoms with Crippen molar-refractivity contribution in [2.24, 2.45) is 0 Å². The Hall–Kier alpha value is -0.420. The van der Waals surface area contributed by atoms with Gasteiger partial charge >= 0.3 is 4.71 Å². The number of thioether (sulfide) groups is 1. The van der Waals surface area contributed by atoms with Gasteiger partial charge in [0.1, 0.15) is 0 Å². The van der Waals surface area contributed by atoms with Crippen molar-refractivity contribution in [2.75, 3.05) is 0 Å². The van der Waals surface area contributed by atoms with E-state index in [1.54, 1.807) is 0 Å². The Labute approximate surface area is 87.2 Å². The van der Waals surface area contributed by atoms with Gasteiger partial charge in [0.25, 0.3) is 6.43 Å². The monoisotopic (exact) mass is 244 g/mol. The number of benzene rings is 1. The second kappa shape index (κ2) is 4.40. The van der Waals surface area contributed by atoms with E-state index in [1.165, 1.54) is 18.2 Å². The van der Waals surface area contributed by atoms with Crippen molar-refractivity contribution in [1.29, 1.82) is 0 Å². The van der Waals surface area contributed by atoms with E-state index >= 15 is 0 Å². The van der Waals surface area contributed by atoms with Crippen molar-refractivity contribution in [3.63, 3.8) is 0 Å². The zero-order chi connectivity index (χ0) is 10.8. The van der Waals surface area contributed by atoms with Gasteiger partial charge in [-0.3, -0.25) is 0 Å². The quantitative estimate of drug-likeness (QED) is 0.428. The highest BCUT2D eigenvalue weighted by Crippen LogP contribution is 2.42. The number of hydrogen-bond acceptors (Lipinski definition) is 1. The van der Waals surface area contributed by atoms with E-state index in [0.29, 0.717) is 0 Å². The van der Waals surface area contributed by atoms with Crippen LogP contribution in [0.25, 0.3) is 0 Å². The molecule has 0 nitrogen and oxygen atoms in total. The summed E-state index contributed by atoms with van der Waals surface area (Å²) in [7, 11) is 0. The molecular weight excluding hydrogens is 240 g/mol. The first-order chi connectivity index (χ1) is 6.40. The van der Waals surface area contributed by atoms with E-state index in [9.17, 15) is 17.6 Å². The van der Waals surface area contributed by atoms with Crippen LogP contribution in [-0.4, -0.2) is 4.71 Å². The Morgan fingerprint density at radius 1 is 1.21 bits per heavy atom. The molecule has 0 fully saturated rings. The Morgan fingerprint density at radius 3 is 2.29 bits per heavy atom. The van der Waals surface area contributed by atoms with Gasteiger partial charge < -0.3 is 0 Å². The van der Waals surface area contributed by atoms with Crippen molar-refractivity contribution < 1.29 is 17.6 Å². The zero-order valence-electron chi connectivity index (χ0n) is 6.68. The molecule has 0 saturated heterocycles. The van der Waals surface area contributed by atoms with E-state index < -0.39 is 16.7 Å². The second-order valence-corrected chi connectivity index (χ2v) is 4.24. The molecule has 0 heterocycles. The molecule has 0 radical (unpaired) electrons. The smallest absolute Gasteiger partial charge is 0.205 e. The molecule has 6 heteroatoms. The molecule has 14 heavy (non-hydrogen) atoms. The molecule has 0 bridgehead atoms. The van der Waals surface area contributed by atoms with Gasteiger partial charge in [-0.1, -0.05) is 18.2 Å². The average Bonchev–Trinajstić information content (AvgIpc) is 2.01. The summed E-state index contributed by atoms with van der Waals surface area (Å²) in [6.45, 7) is 0. The van der Waals surface area contributed by atoms with Crippen LogP contribution < -0.4 is 0 Å². The molecule has 1 rings (SSSR count). The summed E-state index contributed by atoms with van der Waals surface area (Å²) in [5.41, 5.74) is -0.433. The molecule has 0 aliphatic heterocycles. The molecule has 0 N–H and O–H groups in total. The van der Waals surface area contributed by atoms with Gasteiger partial charge in [-0.05, 0) is 29.4 Å². The Morgan fingerprint density at radius 2 is 1.79 bits per heavy atom. The maximum atomic E-state index is 12.3. The van der Waals surface area contributed by atoms with Crippen LogP contribution in [0, 0.1) is 0 Å². The number of rotatable bonds is 3. The summed E-state index contributed by atoms with van der Waals surface area (Å²) >= 11 is 4.54. The predicted octanol–water partition coefficient (Wildman–Crippen LogP) is 4.51. The third kappa shape index (κ3) is 3.38. The molecule has 0 aliphatic rings. The fourth-order valence-electron chi connectivity index (χ4n) is 0.878.